The van der Waals surface area contributed by atoms with Crippen molar-refractivity contribution < 1.29 is 18.0 Å². The number of aryl methyl sites for hydroxylation is 1. The van der Waals surface area contributed by atoms with Gasteiger partial charge in [-0.3, -0.25) is 4.79 Å². The van der Waals surface area contributed by atoms with Gasteiger partial charge in [0.25, 0.3) is 0 Å². The lowest BCUT2D eigenvalue weighted by Gasteiger charge is -2.31. The lowest BCUT2D eigenvalue weighted by molar-refractivity contribution is -0.118. The molecule has 1 aliphatic carbocycles. The number of carbonyl (C=O) groups is 2. The zero-order chi connectivity index (χ0) is 19.6. The van der Waals surface area contributed by atoms with Crippen LogP contribution in [0.5, 0.6) is 0 Å². The Morgan fingerprint density at radius 1 is 1.22 bits per heavy atom. The van der Waals surface area contributed by atoms with Gasteiger partial charge in [0.1, 0.15) is 0 Å². The summed E-state index contributed by atoms with van der Waals surface area (Å²) >= 11 is 0. The fourth-order valence-electron chi connectivity index (χ4n) is 4.09. The molecule has 1 aromatic carbocycles. The third-order valence-corrected chi connectivity index (χ3v) is 7.09. The molecule has 0 radical (unpaired) electrons. The van der Waals surface area contributed by atoms with Crippen LogP contribution in [0, 0.1) is 0 Å². The molecule has 2 aliphatic rings. The van der Waals surface area contributed by atoms with E-state index in [1.54, 1.807) is 11.0 Å². The lowest BCUT2D eigenvalue weighted by Crippen LogP contribution is -2.49. The summed E-state index contributed by atoms with van der Waals surface area (Å²) in [5, 5.41) is 5.12. The summed E-state index contributed by atoms with van der Waals surface area (Å²) < 4.78 is 24.0. The number of carbonyl (C=O) groups excluding carboxylic acids is 2. The number of urea groups is 1. The van der Waals surface area contributed by atoms with Crippen LogP contribution in [0.3, 0.4) is 0 Å². The van der Waals surface area contributed by atoms with E-state index in [4.69, 9.17) is 0 Å². The molecule has 2 atom stereocenters. The standard InChI is InChI=1S/C19H27N3O4S/c1-3-22-16-10-9-14(12-13(16)8-11-18(22)23)20-19(24)21-15-6-4-5-7-17(15)27(2,25)26/h9-10,12,15,17H,3-8,11H2,1-2H3,(H2,20,21,24)/t15-,17-/m1/s1. The van der Waals surface area contributed by atoms with E-state index in [0.717, 1.165) is 24.1 Å². The molecule has 1 aromatic rings. The molecule has 0 spiro atoms. The van der Waals surface area contributed by atoms with Gasteiger partial charge in [-0.15, -0.1) is 0 Å². The number of hydrogen-bond acceptors (Lipinski definition) is 4. The van der Waals surface area contributed by atoms with Crippen molar-refractivity contribution in [2.24, 2.45) is 0 Å². The van der Waals surface area contributed by atoms with Crippen molar-refractivity contribution in [3.05, 3.63) is 23.8 Å². The Bertz CT molecular complexity index is 837. The number of anilines is 2. The van der Waals surface area contributed by atoms with E-state index < -0.39 is 21.1 Å². The minimum absolute atomic E-state index is 0.118. The van der Waals surface area contributed by atoms with Crippen LogP contribution >= 0.6 is 0 Å². The monoisotopic (exact) mass is 393 g/mol. The SMILES string of the molecule is CCN1C(=O)CCc2cc(NC(=O)N[C@@H]3CCCC[C@H]3S(C)(=O)=O)ccc21. The highest BCUT2D eigenvalue weighted by atomic mass is 32.2. The number of rotatable bonds is 4. The van der Waals surface area contributed by atoms with Gasteiger partial charge in [0, 0.05) is 36.6 Å². The van der Waals surface area contributed by atoms with Crippen molar-refractivity contribution in [3.8, 4) is 0 Å². The van der Waals surface area contributed by atoms with Crippen LogP contribution < -0.4 is 15.5 Å². The molecule has 3 rings (SSSR count). The summed E-state index contributed by atoms with van der Waals surface area (Å²) in [5.41, 5.74) is 2.56. The Hall–Kier alpha value is -2.09. The summed E-state index contributed by atoms with van der Waals surface area (Å²) in [6.07, 6.45) is 5.40. The minimum atomic E-state index is -3.20. The Morgan fingerprint density at radius 2 is 1.96 bits per heavy atom. The number of benzene rings is 1. The molecule has 1 heterocycles. The van der Waals surface area contributed by atoms with Crippen molar-refractivity contribution in [1.82, 2.24) is 5.32 Å². The van der Waals surface area contributed by atoms with E-state index in [1.165, 1.54) is 6.26 Å². The van der Waals surface area contributed by atoms with Crippen molar-refractivity contribution in [3.63, 3.8) is 0 Å². The van der Waals surface area contributed by atoms with E-state index >= 15 is 0 Å². The van der Waals surface area contributed by atoms with Crippen molar-refractivity contribution in [1.29, 1.82) is 0 Å². The van der Waals surface area contributed by atoms with Gasteiger partial charge in [-0.1, -0.05) is 12.8 Å². The van der Waals surface area contributed by atoms with Gasteiger partial charge in [0.15, 0.2) is 9.84 Å². The first-order chi connectivity index (χ1) is 12.8. The molecule has 27 heavy (non-hydrogen) atoms. The first-order valence-corrected chi connectivity index (χ1v) is 11.4. The molecular weight excluding hydrogens is 366 g/mol. The second-order valence-corrected chi connectivity index (χ2v) is 9.60. The molecular formula is C19H27N3O4S. The number of amides is 3. The molecule has 7 nitrogen and oxygen atoms in total. The van der Waals surface area contributed by atoms with Crippen LogP contribution in [0.1, 0.15) is 44.6 Å². The van der Waals surface area contributed by atoms with E-state index in [2.05, 4.69) is 10.6 Å². The van der Waals surface area contributed by atoms with Crippen LogP contribution in [0.2, 0.25) is 0 Å². The van der Waals surface area contributed by atoms with Crippen molar-refractivity contribution in [2.75, 3.05) is 23.0 Å². The zero-order valence-corrected chi connectivity index (χ0v) is 16.6. The fraction of sp³-hybridized carbons (Fsp3) is 0.579. The second-order valence-electron chi connectivity index (χ2n) is 7.34. The average molecular weight is 394 g/mol. The van der Waals surface area contributed by atoms with E-state index in [1.807, 2.05) is 19.1 Å². The summed E-state index contributed by atoms with van der Waals surface area (Å²) in [6.45, 7) is 2.56. The summed E-state index contributed by atoms with van der Waals surface area (Å²) in [7, 11) is -3.20. The first kappa shape index (κ1) is 19.7. The third kappa shape index (κ3) is 4.43. The lowest BCUT2D eigenvalue weighted by atomic mass is 9.95. The number of nitrogens with zero attached hydrogens (tertiary/aromatic N) is 1. The zero-order valence-electron chi connectivity index (χ0n) is 15.8. The molecule has 148 valence electrons. The molecule has 0 aromatic heterocycles. The van der Waals surface area contributed by atoms with Gasteiger partial charge < -0.3 is 15.5 Å². The van der Waals surface area contributed by atoms with E-state index in [9.17, 15) is 18.0 Å². The Labute approximate surface area is 160 Å². The largest absolute Gasteiger partial charge is 0.334 e. The summed E-state index contributed by atoms with van der Waals surface area (Å²) in [4.78, 5) is 26.1. The topological polar surface area (TPSA) is 95.6 Å². The first-order valence-electron chi connectivity index (χ1n) is 9.49. The van der Waals surface area contributed by atoms with Gasteiger partial charge in [0.05, 0.1) is 5.25 Å². The van der Waals surface area contributed by atoms with E-state index in [-0.39, 0.29) is 11.9 Å². The normalized spacial score (nSPS) is 22.9. The molecule has 0 saturated heterocycles. The van der Waals surface area contributed by atoms with Crippen LogP contribution in [-0.2, 0) is 21.1 Å². The Kier molecular flexibility index (Phi) is 5.74. The highest BCUT2D eigenvalue weighted by molar-refractivity contribution is 7.91. The summed E-state index contributed by atoms with van der Waals surface area (Å²) in [6, 6.07) is 4.76. The van der Waals surface area contributed by atoms with Crippen LogP contribution in [0.25, 0.3) is 0 Å². The van der Waals surface area contributed by atoms with Crippen molar-refractivity contribution in [2.45, 2.75) is 56.7 Å². The van der Waals surface area contributed by atoms with Gasteiger partial charge >= 0.3 is 6.03 Å². The van der Waals surface area contributed by atoms with E-state index in [0.29, 0.717) is 37.9 Å². The molecule has 1 aliphatic heterocycles. The number of nitrogens with one attached hydrogen (secondary N) is 2. The third-order valence-electron chi connectivity index (χ3n) is 5.42. The quantitative estimate of drug-likeness (QED) is 0.821. The van der Waals surface area contributed by atoms with Crippen molar-refractivity contribution >= 4 is 33.2 Å². The van der Waals surface area contributed by atoms with Gasteiger partial charge in [-0.2, -0.15) is 0 Å². The second kappa shape index (κ2) is 7.88. The molecule has 8 heteroatoms. The Balaban J connectivity index is 1.69. The average Bonchev–Trinajstić information content (AvgIpc) is 2.61. The van der Waals surface area contributed by atoms with Gasteiger partial charge in [-0.25, -0.2) is 13.2 Å². The van der Waals surface area contributed by atoms with Crippen LogP contribution in [-0.4, -0.2) is 44.4 Å². The predicted octanol–water partition coefficient (Wildman–Crippen LogP) is 2.46. The summed E-state index contributed by atoms with van der Waals surface area (Å²) in [5.74, 6) is 0.118. The Morgan fingerprint density at radius 3 is 2.67 bits per heavy atom. The molecule has 0 bridgehead atoms. The maximum atomic E-state index is 12.4. The minimum Gasteiger partial charge on any atom is -0.334 e. The van der Waals surface area contributed by atoms with Gasteiger partial charge in [-0.05, 0) is 49.9 Å². The number of hydrogen-bond donors (Lipinski definition) is 2. The number of fused-ring (bicyclic) bond motifs is 1. The smallest absolute Gasteiger partial charge is 0.319 e. The highest BCUT2D eigenvalue weighted by Gasteiger charge is 2.33. The highest BCUT2D eigenvalue weighted by Crippen LogP contribution is 2.30. The number of sulfone groups is 1. The maximum absolute atomic E-state index is 12.4. The molecule has 1 saturated carbocycles. The van der Waals surface area contributed by atoms with Crippen LogP contribution in [0.4, 0.5) is 16.2 Å². The molecule has 2 N–H and O–H groups in total. The predicted molar refractivity (Wildman–Crippen MR) is 106 cm³/mol. The van der Waals surface area contributed by atoms with Crippen LogP contribution in [0.15, 0.2) is 18.2 Å². The molecule has 3 amide bonds. The molecule has 0 unspecified atom stereocenters. The van der Waals surface area contributed by atoms with Gasteiger partial charge in [0.2, 0.25) is 5.91 Å². The fourth-order valence-corrected chi connectivity index (χ4v) is 5.49. The molecule has 1 fully saturated rings. The maximum Gasteiger partial charge on any atom is 0.319 e.